The number of hydrogen-bond acceptors (Lipinski definition) is 6. The van der Waals surface area contributed by atoms with Crippen molar-refractivity contribution < 1.29 is 28.6 Å². The third-order valence-corrected chi connectivity index (χ3v) is 16.9. The summed E-state index contributed by atoms with van der Waals surface area (Å²) in [7, 11) is 0. The van der Waals surface area contributed by atoms with Crippen molar-refractivity contribution >= 4 is 17.9 Å². The van der Waals surface area contributed by atoms with E-state index in [-0.39, 0.29) is 31.1 Å². The molecule has 0 aliphatic heterocycles. The average Bonchev–Trinajstić information content (AvgIpc) is 3.44. The van der Waals surface area contributed by atoms with Crippen LogP contribution in [0.4, 0.5) is 0 Å². The Kier molecular flexibility index (Phi) is 66.5. The highest BCUT2D eigenvalue weighted by molar-refractivity contribution is 5.71. The van der Waals surface area contributed by atoms with E-state index < -0.39 is 6.10 Å². The Morgan fingerprint density at radius 2 is 0.346 bits per heavy atom. The largest absolute Gasteiger partial charge is 0.462 e. The van der Waals surface area contributed by atoms with Gasteiger partial charge in [-0.25, -0.2) is 0 Å². The zero-order chi connectivity index (χ0) is 56.4. The van der Waals surface area contributed by atoms with Gasteiger partial charge in [0.05, 0.1) is 0 Å². The Bertz CT molecular complexity index is 1170. The maximum atomic E-state index is 12.9. The fourth-order valence-electron chi connectivity index (χ4n) is 11.5. The van der Waals surface area contributed by atoms with Crippen molar-refractivity contribution in [2.45, 2.75) is 431 Å². The summed E-state index contributed by atoms with van der Waals surface area (Å²) < 4.78 is 16.9. The molecule has 0 aromatic heterocycles. The zero-order valence-corrected chi connectivity index (χ0v) is 53.5. The van der Waals surface area contributed by atoms with Crippen molar-refractivity contribution in [2.24, 2.45) is 0 Å². The molecular weight excluding hydrogens is 961 g/mol. The molecule has 0 amide bonds. The van der Waals surface area contributed by atoms with Crippen LogP contribution in [0.2, 0.25) is 0 Å². The first kappa shape index (κ1) is 76.4. The zero-order valence-electron chi connectivity index (χ0n) is 53.5. The molecule has 0 radical (unpaired) electrons. The minimum Gasteiger partial charge on any atom is -0.462 e. The van der Waals surface area contributed by atoms with Crippen molar-refractivity contribution in [1.29, 1.82) is 0 Å². The van der Waals surface area contributed by atoms with Gasteiger partial charge in [-0.15, -0.1) is 0 Å². The number of esters is 3. The molecule has 6 nitrogen and oxygen atoms in total. The summed E-state index contributed by atoms with van der Waals surface area (Å²) in [6.07, 6.45) is 80.3. The van der Waals surface area contributed by atoms with Crippen LogP contribution in [0.25, 0.3) is 0 Å². The van der Waals surface area contributed by atoms with E-state index in [1.807, 2.05) is 0 Å². The lowest BCUT2D eigenvalue weighted by atomic mass is 10.0. The molecule has 1 unspecified atom stereocenters. The number of carbonyl (C=O) groups excluding carboxylic acids is 3. The van der Waals surface area contributed by atoms with Gasteiger partial charge in [-0.2, -0.15) is 0 Å². The summed E-state index contributed by atoms with van der Waals surface area (Å²) in [5.41, 5.74) is 0. The number of ether oxygens (including phenoxy) is 3. The van der Waals surface area contributed by atoms with Crippen LogP contribution in [0.5, 0.6) is 0 Å². The van der Waals surface area contributed by atoms with Crippen LogP contribution in [0.3, 0.4) is 0 Å². The molecule has 0 spiro atoms. The first-order valence-corrected chi connectivity index (χ1v) is 36.0. The Balaban J connectivity index is 4.01. The molecule has 0 fully saturated rings. The van der Waals surface area contributed by atoms with E-state index in [0.29, 0.717) is 19.3 Å². The second kappa shape index (κ2) is 67.9. The molecule has 0 rings (SSSR count). The fourth-order valence-corrected chi connectivity index (χ4v) is 11.5. The van der Waals surface area contributed by atoms with E-state index in [1.165, 1.54) is 327 Å². The Labute approximate surface area is 488 Å². The van der Waals surface area contributed by atoms with E-state index >= 15 is 0 Å². The molecule has 464 valence electrons. The Morgan fingerprint density at radius 3 is 0.513 bits per heavy atom. The smallest absolute Gasteiger partial charge is 0.306 e. The van der Waals surface area contributed by atoms with Crippen molar-refractivity contribution in [3.63, 3.8) is 0 Å². The number of carbonyl (C=O) groups is 3. The topological polar surface area (TPSA) is 78.9 Å². The van der Waals surface area contributed by atoms with Gasteiger partial charge < -0.3 is 14.2 Å². The summed E-state index contributed by atoms with van der Waals surface area (Å²) in [6, 6.07) is 0. The van der Waals surface area contributed by atoms with Crippen LogP contribution in [-0.4, -0.2) is 37.2 Å². The molecule has 78 heavy (non-hydrogen) atoms. The monoisotopic (exact) mass is 1100 g/mol. The van der Waals surface area contributed by atoms with Gasteiger partial charge in [0, 0.05) is 19.3 Å². The number of hydrogen-bond donors (Lipinski definition) is 0. The average molecular weight is 1100 g/mol. The first-order valence-electron chi connectivity index (χ1n) is 36.0. The molecule has 0 aromatic carbocycles. The molecule has 1 atom stereocenters. The first-order chi connectivity index (χ1) is 38.5. The summed E-state index contributed by atoms with van der Waals surface area (Å²) >= 11 is 0. The van der Waals surface area contributed by atoms with Gasteiger partial charge in [-0.05, 0) is 19.3 Å². The summed E-state index contributed by atoms with van der Waals surface area (Å²) in [5, 5.41) is 0. The third-order valence-electron chi connectivity index (χ3n) is 16.9. The van der Waals surface area contributed by atoms with Gasteiger partial charge in [0.2, 0.25) is 0 Å². The van der Waals surface area contributed by atoms with Crippen molar-refractivity contribution in [1.82, 2.24) is 0 Å². The highest BCUT2D eigenvalue weighted by Gasteiger charge is 2.20. The van der Waals surface area contributed by atoms with Gasteiger partial charge in [-0.3, -0.25) is 14.4 Å². The maximum absolute atomic E-state index is 12.9. The maximum Gasteiger partial charge on any atom is 0.306 e. The quantitative estimate of drug-likeness (QED) is 0.0343. The van der Waals surface area contributed by atoms with E-state index in [9.17, 15) is 14.4 Å². The van der Waals surface area contributed by atoms with Gasteiger partial charge >= 0.3 is 17.9 Å². The Morgan fingerprint density at radius 1 is 0.205 bits per heavy atom. The highest BCUT2D eigenvalue weighted by Crippen LogP contribution is 2.20. The molecule has 6 heteroatoms. The van der Waals surface area contributed by atoms with Crippen molar-refractivity contribution in [3.8, 4) is 0 Å². The standard InChI is InChI=1S/C72H140O6/c1-4-7-10-13-16-19-21-23-25-27-29-31-33-35-36-37-38-40-41-43-45-47-49-51-53-56-59-62-65-71(74)77-68-69(67-76-70(73)64-61-58-55-18-15-12-9-6-3)78-72(75)66-63-60-57-54-52-50-48-46-44-42-39-34-32-30-28-26-24-22-20-17-14-11-8-5-2/h69H,4-68H2,1-3H3. The lowest BCUT2D eigenvalue weighted by Crippen LogP contribution is -2.30. The molecule has 0 bridgehead atoms. The minimum atomic E-state index is -0.762. The molecule has 0 aromatic rings. The van der Waals surface area contributed by atoms with Gasteiger partial charge in [0.1, 0.15) is 13.2 Å². The summed E-state index contributed by atoms with van der Waals surface area (Å²) in [5.74, 6) is -0.829. The lowest BCUT2D eigenvalue weighted by molar-refractivity contribution is -0.167. The van der Waals surface area contributed by atoms with Crippen LogP contribution in [0.1, 0.15) is 425 Å². The van der Waals surface area contributed by atoms with E-state index in [2.05, 4.69) is 20.8 Å². The van der Waals surface area contributed by atoms with Gasteiger partial charge in [-0.1, -0.05) is 387 Å². The molecule has 0 N–H and O–H groups in total. The van der Waals surface area contributed by atoms with Crippen LogP contribution in [0.15, 0.2) is 0 Å². The fraction of sp³-hybridized carbons (Fsp3) is 0.958. The second-order valence-corrected chi connectivity index (χ2v) is 24.9. The second-order valence-electron chi connectivity index (χ2n) is 24.9. The molecule has 0 aliphatic carbocycles. The van der Waals surface area contributed by atoms with Crippen molar-refractivity contribution in [3.05, 3.63) is 0 Å². The van der Waals surface area contributed by atoms with E-state index in [0.717, 1.165) is 57.8 Å². The number of unbranched alkanes of at least 4 members (excludes halogenated alkanes) is 57. The molecule has 0 saturated carbocycles. The highest BCUT2D eigenvalue weighted by atomic mass is 16.6. The predicted molar refractivity (Wildman–Crippen MR) is 340 cm³/mol. The van der Waals surface area contributed by atoms with Crippen LogP contribution >= 0.6 is 0 Å². The summed E-state index contributed by atoms with van der Waals surface area (Å²) in [4.78, 5) is 38.2. The Hall–Kier alpha value is -1.59. The number of rotatable bonds is 68. The van der Waals surface area contributed by atoms with Crippen LogP contribution < -0.4 is 0 Å². The third kappa shape index (κ3) is 65.2. The lowest BCUT2D eigenvalue weighted by Gasteiger charge is -2.18. The van der Waals surface area contributed by atoms with Crippen molar-refractivity contribution in [2.75, 3.05) is 13.2 Å². The van der Waals surface area contributed by atoms with E-state index in [4.69, 9.17) is 14.2 Å². The minimum absolute atomic E-state index is 0.0609. The van der Waals surface area contributed by atoms with Crippen LogP contribution in [0, 0.1) is 0 Å². The van der Waals surface area contributed by atoms with Gasteiger partial charge in [0.25, 0.3) is 0 Å². The molecule has 0 heterocycles. The SMILES string of the molecule is CCCCCCCCCCCCCCCCCCCCCCCCCCCCCCC(=O)OCC(COC(=O)CCCCCCCCCC)OC(=O)CCCCCCCCCCCCCCCCCCCCCCCCCC. The molecular formula is C72H140O6. The van der Waals surface area contributed by atoms with E-state index in [1.54, 1.807) is 0 Å². The molecule has 0 saturated heterocycles. The molecule has 0 aliphatic rings. The van der Waals surface area contributed by atoms with Gasteiger partial charge in [0.15, 0.2) is 6.10 Å². The summed E-state index contributed by atoms with van der Waals surface area (Å²) in [6.45, 7) is 6.71. The normalized spacial score (nSPS) is 11.9. The predicted octanol–water partition coefficient (Wildman–Crippen LogP) is 24.6. The van der Waals surface area contributed by atoms with Crippen LogP contribution in [-0.2, 0) is 28.6 Å².